The average Bonchev–Trinajstić information content (AvgIpc) is 3.65. The Balaban J connectivity index is 5.20. The standard InChI is InChI=1S/C70H136O17P2/c1-6-10-13-16-19-21-23-25-27-28-30-32-34-36-39-45-50-55-69(74)86-65(60-81-68(73)54-49-44-38-35-33-31-29-26-24-22-20-17-14-11-7-2)61-84-88(76,77)82-57-64(71)58-83-89(78,79)85-62-66(59-80-67(72)53-48-43-37-18-15-12-8-3)87-70(75)56-51-46-41-40-42-47-52-63(5)9-4/h63-66,71H,6-62H2,1-5H3,(H,76,77)(H,78,79)/t63?,64-,65-,66-/m1/s1. The molecule has 0 aliphatic carbocycles. The van der Waals surface area contributed by atoms with Crippen molar-refractivity contribution in [3.63, 3.8) is 0 Å². The fourth-order valence-corrected chi connectivity index (χ4v) is 12.2. The van der Waals surface area contributed by atoms with Gasteiger partial charge >= 0.3 is 39.5 Å². The van der Waals surface area contributed by atoms with E-state index in [1.54, 1.807) is 0 Å². The normalized spacial score (nSPS) is 14.4. The van der Waals surface area contributed by atoms with Crippen LogP contribution in [-0.4, -0.2) is 96.7 Å². The van der Waals surface area contributed by atoms with Gasteiger partial charge in [0.15, 0.2) is 12.2 Å². The molecule has 0 saturated heterocycles. The lowest BCUT2D eigenvalue weighted by atomic mass is 10.00. The Morgan fingerprint density at radius 1 is 0.315 bits per heavy atom. The van der Waals surface area contributed by atoms with Crippen LogP contribution >= 0.6 is 15.6 Å². The van der Waals surface area contributed by atoms with E-state index < -0.39 is 97.5 Å². The van der Waals surface area contributed by atoms with Crippen LogP contribution in [-0.2, 0) is 65.4 Å². The maximum Gasteiger partial charge on any atom is 0.472 e. The first-order valence-electron chi connectivity index (χ1n) is 36.7. The second-order valence-corrected chi connectivity index (χ2v) is 28.4. The SMILES string of the molecule is CCCCCCCCCCCCCCCCCCCC(=O)O[C@H](COC(=O)CCCCCCCCCCCCCCCCC)COP(=O)(O)OC[C@@H](O)COP(=O)(O)OC[C@@H](COC(=O)CCCCCCCCC)OC(=O)CCCCCCCCC(C)CC. The first-order chi connectivity index (χ1) is 43.1. The molecular formula is C70H136O17P2. The molecule has 19 heteroatoms. The first-order valence-corrected chi connectivity index (χ1v) is 39.7. The van der Waals surface area contributed by atoms with Crippen molar-refractivity contribution in [3.05, 3.63) is 0 Å². The topological polar surface area (TPSA) is 237 Å². The van der Waals surface area contributed by atoms with Crippen molar-refractivity contribution >= 4 is 39.5 Å². The summed E-state index contributed by atoms with van der Waals surface area (Å²) in [5, 5.41) is 10.6. The van der Waals surface area contributed by atoms with Crippen LogP contribution in [0.4, 0.5) is 0 Å². The number of hydrogen-bond donors (Lipinski definition) is 3. The molecule has 6 atom stereocenters. The number of carbonyl (C=O) groups is 4. The van der Waals surface area contributed by atoms with E-state index in [4.69, 9.17) is 37.0 Å². The third kappa shape index (κ3) is 63.2. The number of aliphatic hydroxyl groups excluding tert-OH is 1. The van der Waals surface area contributed by atoms with Gasteiger partial charge in [-0.3, -0.25) is 37.3 Å². The number of aliphatic hydroxyl groups is 1. The Morgan fingerprint density at radius 3 is 0.798 bits per heavy atom. The molecule has 89 heavy (non-hydrogen) atoms. The lowest BCUT2D eigenvalue weighted by Crippen LogP contribution is -2.30. The van der Waals surface area contributed by atoms with Crippen LogP contribution in [0.1, 0.15) is 362 Å². The highest BCUT2D eigenvalue weighted by atomic mass is 31.2. The smallest absolute Gasteiger partial charge is 0.462 e. The second kappa shape index (κ2) is 63.5. The number of unbranched alkanes of at least 4 members (excludes halogenated alkanes) is 41. The summed E-state index contributed by atoms with van der Waals surface area (Å²) in [5.74, 6) is -1.41. The summed E-state index contributed by atoms with van der Waals surface area (Å²) in [6.45, 7) is 7.16. The van der Waals surface area contributed by atoms with E-state index in [9.17, 15) is 43.2 Å². The van der Waals surface area contributed by atoms with Crippen LogP contribution in [0.5, 0.6) is 0 Å². The van der Waals surface area contributed by atoms with Crippen LogP contribution < -0.4 is 0 Å². The molecule has 0 saturated carbocycles. The van der Waals surface area contributed by atoms with E-state index in [0.717, 1.165) is 109 Å². The Bertz CT molecular complexity index is 1720. The molecule has 0 fully saturated rings. The van der Waals surface area contributed by atoms with Gasteiger partial charge in [-0.2, -0.15) is 0 Å². The van der Waals surface area contributed by atoms with E-state index >= 15 is 0 Å². The number of esters is 4. The molecule has 0 aliphatic rings. The molecule has 3 unspecified atom stereocenters. The molecule has 0 bridgehead atoms. The lowest BCUT2D eigenvalue weighted by Gasteiger charge is -2.21. The number of hydrogen-bond acceptors (Lipinski definition) is 15. The second-order valence-electron chi connectivity index (χ2n) is 25.5. The number of ether oxygens (including phenoxy) is 4. The van der Waals surface area contributed by atoms with Gasteiger partial charge in [0, 0.05) is 25.7 Å². The van der Waals surface area contributed by atoms with Gasteiger partial charge in [0.2, 0.25) is 0 Å². The third-order valence-electron chi connectivity index (χ3n) is 16.6. The zero-order valence-corrected chi connectivity index (χ0v) is 59.4. The van der Waals surface area contributed by atoms with Crippen molar-refractivity contribution in [1.29, 1.82) is 0 Å². The molecule has 3 N–H and O–H groups in total. The summed E-state index contributed by atoms with van der Waals surface area (Å²) in [6.07, 6.45) is 50.1. The molecule has 0 amide bonds. The summed E-state index contributed by atoms with van der Waals surface area (Å²) < 4.78 is 68.2. The quantitative estimate of drug-likeness (QED) is 0.0222. The maximum absolute atomic E-state index is 13.0. The highest BCUT2D eigenvalue weighted by molar-refractivity contribution is 7.47. The summed E-state index contributed by atoms with van der Waals surface area (Å²) in [7, 11) is -9.89. The van der Waals surface area contributed by atoms with Crippen LogP contribution in [0.25, 0.3) is 0 Å². The lowest BCUT2D eigenvalue weighted by molar-refractivity contribution is -0.161. The van der Waals surface area contributed by atoms with Crippen molar-refractivity contribution in [2.75, 3.05) is 39.6 Å². The van der Waals surface area contributed by atoms with Gasteiger partial charge in [-0.15, -0.1) is 0 Å². The van der Waals surface area contributed by atoms with Crippen molar-refractivity contribution in [2.45, 2.75) is 380 Å². The summed E-state index contributed by atoms with van der Waals surface area (Å²) >= 11 is 0. The molecule has 528 valence electrons. The highest BCUT2D eigenvalue weighted by Crippen LogP contribution is 2.45. The average molecular weight is 1310 g/mol. The van der Waals surface area contributed by atoms with E-state index in [1.165, 1.54) is 173 Å². The van der Waals surface area contributed by atoms with E-state index in [0.29, 0.717) is 25.7 Å². The van der Waals surface area contributed by atoms with Crippen molar-refractivity contribution < 1.29 is 80.2 Å². The molecule has 0 aromatic rings. The summed E-state index contributed by atoms with van der Waals surface area (Å²) in [6, 6.07) is 0. The van der Waals surface area contributed by atoms with Gasteiger partial charge in [-0.25, -0.2) is 9.13 Å². The number of carbonyl (C=O) groups excluding carboxylic acids is 4. The Morgan fingerprint density at radius 2 is 0.539 bits per heavy atom. The fourth-order valence-electron chi connectivity index (χ4n) is 10.6. The van der Waals surface area contributed by atoms with Gasteiger partial charge in [0.05, 0.1) is 26.4 Å². The van der Waals surface area contributed by atoms with Crippen molar-refractivity contribution in [3.8, 4) is 0 Å². The van der Waals surface area contributed by atoms with Gasteiger partial charge in [-0.05, 0) is 31.6 Å². The van der Waals surface area contributed by atoms with Crippen molar-refractivity contribution in [1.82, 2.24) is 0 Å². The monoisotopic (exact) mass is 1310 g/mol. The number of phosphoric ester groups is 2. The molecule has 0 aliphatic heterocycles. The Kier molecular flexibility index (Phi) is 62.1. The maximum atomic E-state index is 13.0. The van der Waals surface area contributed by atoms with E-state index in [1.807, 2.05) is 0 Å². The Labute approximate surface area is 543 Å². The highest BCUT2D eigenvalue weighted by Gasteiger charge is 2.30. The molecular weight excluding hydrogens is 1170 g/mol. The predicted octanol–water partition coefficient (Wildman–Crippen LogP) is 20.1. The van der Waals surface area contributed by atoms with Crippen LogP contribution in [0.3, 0.4) is 0 Å². The first kappa shape index (κ1) is 87.1. The molecule has 0 aromatic heterocycles. The van der Waals surface area contributed by atoms with Crippen LogP contribution in [0, 0.1) is 5.92 Å². The molecule has 0 rings (SSSR count). The summed E-state index contributed by atoms with van der Waals surface area (Å²) in [4.78, 5) is 72.4. The third-order valence-corrected chi connectivity index (χ3v) is 18.5. The molecule has 0 aromatic carbocycles. The van der Waals surface area contributed by atoms with Gasteiger partial charge in [0.25, 0.3) is 0 Å². The van der Waals surface area contributed by atoms with Gasteiger partial charge in [0.1, 0.15) is 19.3 Å². The number of rotatable bonds is 70. The van der Waals surface area contributed by atoms with E-state index in [-0.39, 0.29) is 25.7 Å². The minimum atomic E-state index is -4.95. The van der Waals surface area contributed by atoms with Gasteiger partial charge < -0.3 is 33.8 Å². The predicted molar refractivity (Wildman–Crippen MR) is 358 cm³/mol. The molecule has 0 spiro atoms. The minimum Gasteiger partial charge on any atom is -0.462 e. The fraction of sp³-hybridized carbons (Fsp3) is 0.943. The molecule has 0 radical (unpaired) electrons. The number of phosphoric acid groups is 2. The van der Waals surface area contributed by atoms with Crippen LogP contribution in [0.2, 0.25) is 0 Å². The van der Waals surface area contributed by atoms with E-state index in [2.05, 4.69) is 34.6 Å². The molecule has 17 nitrogen and oxygen atoms in total. The Hall–Kier alpha value is -1.94. The van der Waals surface area contributed by atoms with Crippen molar-refractivity contribution in [2.24, 2.45) is 5.92 Å². The zero-order valence-electron chi connectivity index (χ0n) is 57.6. The molecule has 0 heterocycles. The summed E-state index contributed by atoms with van der Waals surface area (Å²) in [5.41, 5.74) is 0. The van der Waals surface area contributed by atoms with Crippen LogP contribution in [0.15, 0.2) is 0 Å². The largest absolute Gasteiger partial charge is 0.472 e. The minimum absolute atomic E-state index is 0.103. The zero-order chi connectivity index (χ0) is 65.6. The van der Waals surface area contributed by atoms with Gasteiger partial charge in [-0.1, -0.05) is 311 Å².